The van der Waals surface area contributed by atoms with Crippen LogP contribution in [0.4, 0.5) is 14.5 Å². The van der Waals surface area contributed by atoms with Gasteiger partial charge in [0.15, 0.2) is 0 Å². The maximum atomic E-state index is 12.0. The van der Waals surface area contributed by atoms with Crippen LogP contribution in [0.25, 0.3) is 0 Å². The number of hydrogen-bond acceptors (Lipinski definition) is 2. The summed E-state index contributed by atoms with van der Waals surface area (Å²) in [5.41, 5.74) is 6.27. The Morgan fingerprint density at radius 1 is 1.53 bits per heavy atom. The molecule has 0 aromatic heterocycles. The first-order valence-electron chi connectivity index (χ1n) is 4.12. The fraction of sp³-hybridized carbons (Fsp3) is 0.222. The summed E-state index contributed by atoms with van der Waals surface area (Å²) >= 11 is 10.6. The third-order valence-electron chi connectivity index (χ3n) is 1.71. The first kappa shape index (κ1) is 12.1. The Labute approximate surface area is 96.4 Å². The smallest absolute Gasteiger partial charge is 0.255 e. The molecule has 0 aliphatic heterocycles. The Hall–Kier alpha value is -0.940. The minimum atomic E-state index is -2.44. The van der Waals surface area contributed by atoms with Crippen molar-refractivity contribution in [3.63, 3.8) is 0 Å². The third kappa shape index (κ3) is 3.28. The van der Waals surface area contributed by atoms with E-state index in [-0.39, 0.29) is 4.99 Å². The zero-order valence-electron chi connectivity index (χ0n) is 7.64. The average molecular weight is 251 g/mol. The predicted octanol–water partition coefficient (Wildman–Crippen LogP) is 2.65. The van der Waals surface area contributed by atoms with Gasteiger partial charge in [-0.1, -0.05) is 29.9 Å². The maximum Gasteiger partial charge on any atom is 0.255 e. The van der Waals surface area contributed by atoms with E-state index in [0.717, 1.165) is 0 Å². The lowest BCUT2D eigenvalue weighted by Crippen LogP contribution is -2.17. The van der Waals surface area contributed by atoms with Gasteiger partial charge in [0.2, 0.25) is 0 Å². The topological polar surface area (TPSA) is 38.0 Å². The molecule has 1 aromatic carbocycles. The fourth-order valence-corrected chi connectivity index (χ4v) is 1.66. The summed E-state index contributed by atoms with van der Waals surface area (Å²) in [6.45, 7) is -0.462. The summed E-state index contributed by atoms with van der Waals surface area (Å²) in [5.74, 6) is 0. The molecule has 0 saturated heterocycles. The van der Waals surface area contributed by atoms with E-state index >= 15 is 0 Å². The zero-order chi connectivity index (χ0) is 11.4. The summed E-state index contributed by atoms with van der Waals surface area (Å²) in [6.07, 6.45) is -2.44. The molecule has 0 amide bonds. The number of halogens is 3. The molecule has 0 aliphatic rings. The van der Waals surface area contributed by atoms with Gasteiger partial charge in [0, 0.05) is 5.69 Å². The SMILES string of the molecule is NC(=S)c1c(Cl)cccc1NCC(F)F. The van der Waals surface area contributed by atoms with Crippen molar-refractivity contribution in [2.75, 3.05) is 11.9 Å². The predicted molar refractivity (Wildman–Crippen MR) is 61.8 cm³/mol. The van der Waals surface area contributed by atoms with Gasteiger partial charge in [-0.2, -0.15) is 0 Å². The molecule has 0 saturated carbocycles. The van der Waals surface area contributed by atoms with E-state index in [2.05, 4.69) is 5.32 Å². The summed E-state index contributed by atoms with van der Waals surface area (Å²) in [5, 5.41) is 2.88. The van der Waals surface area contributed by atoms with Crippen LogP contribution >= 0.6 is 23.8 Å². The average Bonchev–Trinajstić information content (AvgIpc) is 2.13. The van der Waals surface area contributed by atoms with E-state index in [4.69, 9.17) is 29.6 Å². The number of hydrogen-bond donors (Lipinski definition) is 2. The van der Waals surface area contributed by atoms with Gasteiger partial charge in [-0.05, 0) is 12.1 Å². The van der Waals surface area contributed by atoms with Crippen molar-refractivity contribution in [1.29, 1.82) is 0 Å². The first-order valence-corrected chi connectivity index (χ1v) is 4.91. The molecular formula is C9H9ClF2N2S. The second-order valence-corrected chi connectivity index (χ2v) is 3.65. The van der Waals surface area contributed by atoms with Crippen LogP contribution in [0.5, 0.6) is 0 Å². The van der Waals surface area contributed by atoms with Gasteiger partial charge in [0.1, 0.15) is 4.99 Å². The van der Waals surface area contributed by atoms with Crippen molar-refractivity contribution < 1.29 is 8.78 Å². The van der Waals surface area contributed by atoms with Gasteiger partial charge in [0.25, 0.3) is 6.43 Å². The number of nitrogens with two attached hydrogens (primary N) is 1. The van der Waals surface area contributed by atoms with Crippen LogP contribution < -0.4 is 11.1 Å². The maximum absolute atomic E-state index is 12.0. The molecule has 0 aliphatic carbocycles. The first-order chi connectivity index (χ1) is 7.02. The van der Waals surface area contributed by atoms with Gasteiger partial charge < -0.3 is 11.1 Å². The van der Waals surface area contributed by atoms with Gasteiger partial charge in [-0.15, -0.1) is 0 Å². The molecule has 1 rings (SSSR count). The standard InChI is InChI=1S/C9H9ClF2N2S/c10-5-2-1-3-6(8(5)9(13)15)14-4-7(11)12/h1-3,7,14H,4H2,(H2,13,15). The highest BCUT2D eigenvalue weighted by Gasteiger charge is 2.10. The normalized spacial score (nSPS) is 10.4. The van der Waals surface area contributed by atoms with Gasteiger partial charge in [-0.3, -0.25) is 0 Å². The van der Waals surface area contributed by atoms with Gasteiger partial charge in [0.05, 0.1) is 17.1 Å². The molecule has 6 heteroatoms. The highest BCUT2D eigenvalue weighted by atomic mass is 35.5. The van der Waals surface area contributed by atoms with E-state index in [1.807, 2.05) is 0 Å². The lowest BCUT2D eigenvalue weighted by molar-refractivity contribution is 0.163. The van der Waals surface area contributed by atoms with Gasteiger partial charge in [-0.25, -0.2) is 8.78 Å². The molecule has 0 unspecified atom stereocenters. The van der Waals surface area contributed by atoms with Gasteiger partial charge >= 0.3 is 0 Å². The van der Waals surface area contributed by atoms with Crippen molar-refractivity contribution in [2.45, 2.75) is 6.43 Å². The van der Waals surface area contributed by atoms with Crippen LogP contribution in [0, 0.1) is 0 Å². The molecule has 1 aromatic rings. The second-order valence-electron chi connectivity index (χ2n) is 2.80. The summed E-state index contributed by atoms with van der Waals surface area (Å²) in [7, 11) is 0. The molecule has 2 nitrogen and oxygen atoms in total. The van der Waals surface area contributed by atoms with E-state index in [9.17, 15) is 8.78 Å². The van der Waals surface area contributed by atoms with E-state index in [1.165, 1.54) is 0 Å². The van der Waals surface area contributed by atoms with Crippen LogP contribution in [-0.4, -0.2) is 18.0 Å². The molecular weight excluding hydrogens is 242 g/mol. The van der Waals surface area contributed by atoms with Crippen LogP contribution in [0.15, 0.2) is 18.2 Å². The zero-order valence-corrected chi connectivity index (χ0v) is 9.21. The van der Waals surface area contributed by atoms with Crippen molar-refractivity contribution >= 4 is 34.5 Å². The Bertz CT molecular complexity index is 371. The largest absolute Gasteiger partial charge is 0.389 e. The minimum Gasteiger partial charge on any atom is -0.389 e. The molecule has 0 fully saturated rings. The number of anilines is 1. The van der Waals surface area contributed by atoms with Crippen LogP contribution in [0.1, 0.15) is 5.56 Å². The molecule has 15 heavy (non-hydrogen) atoms. The molecule has 0 bridgehead atoms. The lowest BCUT2D eigenvalue weighted by Gasteiger charge is -2.11. The third-order valence-corrected chi connectivity index (χ3v) is 2.23. The van der Waals surface area contributed by atoms with Crippen molar-refractivity contribution in [3.8, 4) is 0 Å². The number of nitrogens with one attached hydrogen (secondary N) is 1. The highest BCUT2D eigenvalue weighted by molar-refractivity contribution is 7.80. The minimum absolute atomic E-state index is 0.0809. The molecule has 82 valence electrons. The van der Waals surface area contributed by atoms with E-state index in [1.54, 1.807) is 18.2 Å². The lowest BCUT2D eigenvalue weighted by atomic mass is 10.1. The Kier molecular flexibility index (Phi) is 4.23. The van der Waals surface area contributed by atoms with Crippen molar-refractivity contribution in [1.82, 2.24) is 0 Å². The van der Waals surface area contributed by atoms with E-state index in [0.29, 0.717) is 16.3 Å². The molecule has 0 heterocycles. The van der Waals surface area contributed by atoms with Crippen molar-refractivity contribution in [2.24, 2.45) is 5.73 Å². The second kappa shape index (κ2) is 5.23. The quantitative estimate of drug-likeness (QED) is 0.807. The number of thiocarbonyl (C=S) groups is 1. The van der Waals surface area contributed by atoms with Crippen LogP contribution in [-0.2, 0) is 0 Å². The molecule has 0 radical (unpaired) electrons. The Morgan fingerprint density at radius 2 is 2.20 bits per heavy atom. The molecule has 3 N–H and O–H groups in total. The van der Waals surface area contributed by atoms with Crippen LogP contribution in [0.3, 0.4) is 0 Å². The van der Waals surface area contributed by atoms with E-state index < -0.39 is 13.0 Å². The fourth-order valence-electron chi connectivity index (χ4n) is 1.11. The summed E-state index contributed by atoms with van der Waals surface area (Å²) in [6, 6.07) is 4.84. The summed E-state index contributed by atoms with van der Waals surface area (Å²) < 4.78 is 24.0. The monoisotopic (exact) mass is 250 g/mol. The molecule has 0 spiro atoms. The Balaban J connectivity index is 2.96. The number of rotatable bonds is 4. The summed E-state index contributed by atoms with van der Waals surface area (Å²) in [4.78, 5) is 0.0809. The number of benzene rings is 1. The molecule has 0 atom stereocenters. The Morgan fingerprint density at radius 3 is 2.73 bits per heavy atom. The van der Waals surface area contributed by atoms with Crippen molar-refractivity contribution in [3.05, 3.63) is 28.8 Å². The number of alkyl halides is 2. The highest BCUT2D eigenvalue weighted by Crippen LogP contribution is 2.24. The van der Waals surface area contributed by atoms with Crippen LogP contribution in [0.2, 0.25) is 5.02 Å².